The Morgan fingerprint density at radius 2 is 2.04 bits per heavy atom. The minimum atomic E-state index is -0.205. The summed E-state index contributed by atoms with van der Waals surface area (Å²) in [6.45, 7) is 6.87. The Labute approximate surface area is 149 Å². The van der Waals surface area contributed by atoms with Gasteiger partial charge >= 0.3 is 0 Å². The second-order valence-electron chi connectivity index (χ2n) is 5.95. The lowest BCUT2D eigenvalue weighted by Crippen LogP contribution is -2.40. The molecule has 0 radical (unpaired) electrons. The van der Waals surface area contributed by atoms with Gasteiger partial charge in [-0.1, -0.05) is 25.4 Å². The molecule has 1 aromatic carbocycles. The number of carbonyl (C=O) groups excluding carboxylic acids is 1. The highest BCUT2D eigenvalue weighted by Crippen LogP contribution is 2.38. The average Bonchev–Trinajstić information content (AvgIpc) is 3.05. The zero-order valence-corrected chi connectivity index (χ0v) is 15.7. The largest absolute Gasteiger partial charge is 0.495 e. The standard InChI is InChI=1S/C18H27ClN2O3/c1-5-12-10-14(19)17(24-4)15(16(12)23-3)18(22)20-11-13-8-7-9-21(13)6-2/h10,13H,5-9,11H2,1-4H3,(H,20,22)/t13-/m0/s1. The summed E-state index contributed by atoms with van der Waals surface area (Å²) < 4.78 is 10.9. The molecule has 5 nitrogen and oxygen atoms in total. The quantitative estimate of drug-likeness (QED) is 0.817. The maximum Gasteiger partial charge on any atom is 0.258 e. The molecular formula is C18H27ClN2O3. The van der Waals surface area contributed by atoms with Crippen LogP contribution in [0.1, 0.15) is 42.6 Å². The van der Waals surface area contributed by atoms with Crippen molar-refractivity contribution in [2.45, 2.75) is 39.2 Å². The summed E-state index contributed by atoms with van der Waals surface area (Å²) >= 11 is 6.29. The predicted octanol–water partition coefficient (Wildman–Crippen LogP) is 3.13. The number of benzene rings is 1. The molecule has 1 aliphatic rings. The van der Waals surface area contributed by atoms with Gasteiger partial charge in [-0.2, -0.15) is 0 Å². The van der Waals surface area contributed by atoms with Gasteiger partial charge in [-0.05, 0) is 44.0 Å². The maximum absolute atomic E-state index is 12.8. The van der Waals surface area contributed by atoms with E-state index < -0.39 is 0 Å². The third-order valence-corrected chi connectivity index (χ3v) is 4.96. The van der Waals surface area contributed by atoms with E-state index in [0.29, 0.717) is 34.7 Å². The van der Waals surface area contributed by atoms with Crippen LogP contribution in [0.3, 0.4) is 0 Å². The van der Waals surface area contributed by atoms with E-state index in [1.54, 1.807) is 13.2 Å². The molecule has 0 unspecified atom stereocenters. The molecule has 1 atom stereocenters. The first-order valence-electron chi connectivity index (χ1n) is 8.52. The van der Waals surface area contributed by atoms with Crippen LogP contribution in [0.15, 0.2) is 6.07 Å². The lowest BCUT2D eigenvalue weighted by molar-refractivity contribution is 0.0935. The fourth-order valence-corrected chi connectivity index (χ4v) is 3.71. The highest BCUT2D eigenvalue weighted by atomic mass is 35.5. The van der Waals surface area contributed by atoms with Crippen LogP contribution in [-0.4, -0.2) is 50.7 Å². The summed E-state index contributed by atoms with van der Waals surface area (Å²) in [5.41, 5.74) is 1.27. The molecular weight excluding hydrogens is 328 g/mol. The van der Waals surface area contributed by atoms with Gasteiger partial charge < -0.3 is 14.8 Å². The number of likely N-dealkylation sites (N-methyl/N-ethyl adjacent to an activating group) is 1. The molecule has 0 bridgehead atoms. The highest BCUT2D eigenvalue weighted by Gasteiger charge is 2.27. The smallest absolute Gasteiger partial charge is 0.258 e. The topological polar surface area (TPSA) is 50.8 Å². The second kappa shape index (κ2) is 8.58. The van der Waals surface area contributed by atoms with Crippen LogP contribution < -0.4 is 14.8 Å². The van der Waals surface area contributed by atoms with E-state index in [4.69, 9.17) is 21.1 Å². The molecule has 1 fully saturated rings. The number of nitrogens with zero attached hydrogens (tertiary/aromatic N) is 1. The van der Waals surface area contributed by atoms with Gasteiger partial charge in [-0.25, -0.2) is 0 Å². The van der Waals surface area contributed by atoms with Crippen molar-refractivity contribution in [1.82, 2.24) is 10.2 Å². The molecule has 1 amide bonds. The fourth-order valence-electron chi connectivity index (χ4n) is 3.41. The molecule has 0 spiro atoms. The minimum absolute atomic E-state index is 0.205. The zero-order valence-electron chi connectivity index (χ0n) is 14.9. The molecule has 1 saturated heterocycles. The van der Waals surface area contributed by atoms with Crippen molar-refractivity contribution >= 4 is 17.5 Å². The van der Waals surface area contributed by atoms with Crippen molar-refractivity contribution in [1.29, 1.82) is 0 Å². The third kappa shape index (κ3) is 3.78. The van der Waals surface area contributed by atoms with Crippen molar-refractivity contribution in [3.05, 3.63) is 22.2 Å². The van der Waals surface area contributed by atoms with E-state index in [1.807, 2.05) is 6.92 Å². The first kappa shape index (κ1) is 18.9. The van der Waals surface area contributed by atoms with Gasteiger partial charge in [-0.15, -0.1) is 0 Å². The zero-order chi connectivity index (χ0) is 17.7. The van der Waals surface area contributed by atoms with E-state index >= 15 is 0 Å². The fraction of sp³-hybridized carbons (Fsp3) is 0.611. The molecule has 6 heteroatoms. The first-order chi connectivity index (χ1) is 11.6. The molecule has 0 aromatic heterocycles. The van der Waals surface area contributed by atoms with Gasteiger partial charge in [0, 0.05) is 12.6 Å². The first-order valence-corrected chi connectivity index (χ1v) is 8.90. The summed E-state index contributed by atoms with van der Waals surface area (Å²) in [4.78, 5) is 15.2. The van der Waals surface area contributed by atoms with E-state index in [0.717, 1.165) is 31.5 Å². The van der Waals surface area contributed by atoms with Crippen LogP contribution in [0, 0.1) is 0 Å². The van der Waals surface area contributed by atoms with E-state index in [1.165, 1.54) is 13.5 Å². The number of nitrogens with one attached hydrogen (secondary N) is 1. The normalized spacial score (nSPS) is 17.8. The summed E-state index contributed by atoms with van der Waals surface area (Å²) in [6, 6.07) is 2.19. The Hall–Kier alpha value is -1.46. The summed E-state index contributed by atoms with van der Waals surface area (Å²) in [6.07, 6.45) is 3.01. The van der Waals surface area contributed by atoms with Gasteiger partial charge in [0.15, 0.2) is 5.75 Å². The number of likely N-dealkylation sites (tertiary alicyclic amines) is 1. The van der Waals surface area contributed by atoms with Gasteiger partial charge in [0.2, 0.25) is 0 Å². The Morgan fingerprint density at radius 3 is 2.62 bits per heavy atom. The number of hydrogen-bond acceptors (Lipinski definition) is 4. The van der Waals surface area contributed by atoms with Crippen LogP contribution >= 0.6 is 11.6 Å². The summed E-state index contributed by atoms with van der Waals surface area (Å²) in [5.74, 6) is 0.695. The second-order valence-corrected chi connectivity index (χ2v) is 6.35. The van der Waals surface area contributed by atoms with Gasteiger partial charge in [0.05, 0.1) is 19.2 Å². The van der Waals surface area contributed by atoms with Crippen LogP contribution in [0.5, 0.6) is 11.5 Å². The minimum Gasteiger partial charge on any atom is -0.495 e. The summed E-state index contributed by atoms with van der Waals surface area (Å²) in [7, 11) is 3.08. The third-order valence-electron chi connectivity index (χ3n) is 4.68. The number of ether oxygens (including phenoxy) is 2. The SMILES string of the molecule is CCc1cc(Cl)c(OC)c(C(=O)NC[C@@H]2CCCN2CC)c1OC. The predicted molar refractivity (Wildman–Crippen MR) is 96.5 cm³/mol. The number of amides is 1. The lowest BCUT2D eigenvalue weighted by atomic mass is 10.0. The number of hydrogen-bond donors (Lipinski definition) is 1. The highest BCUT2D eigenvalue weighted by molar-refractivity contribution is 6.33. The molecule has 2 rings (SSSR count). The van der Waals surface area contributed by atoms with E-state index in [9.17, 15) is 4.79 Å². The molecule has 0 saturated carbocycles. The van der Waals surface area contributed by atoms with Gasteiger partial charge in [-0.3, -0.25) is 9.69 Å². The van der Waals surface area contributed by atoms with Crippen molar-refractivity contribution < 1.29 is 14.3 Å². The van der Waals surface area contributed by atoms with E-state index in [2.05, 4.69) is 17.1 Å². The Bertz CT molecular complexity index is 592. The van der Waals surface area contributed by atoms with Gasteiger partial charge in [0.25, 0.3) is 5.91 Å². The van der Waals surface area contributed by atoms with Crippen molar-refractivity contribution in [3.63, 3.8) is 0 Å². The number of halogens is 1. The Balaban J connectivity index is 2.25. The Kier molecular flexibility index (Phi) is 6.75. The number of aryl methyl sites for hydroxylation is 1. The number of carbonyl (C=O) groups is 1. The molecule has 1 heterocycles. The van der Waals surface area contributed by atoms with Crippen molar-refractivity contribution in [2.75, 3.05) is 33.9 Å². The van der Waals surface area contributed by atoms with Gasteiger partial charge in [0.1, 0.15) is 11.3 Å². The van der Waals surface area contributed by atoms with Crippen LogP contribution in [0.25, 0.3) is 0 Å². The number of rotatable bonds is 7. The van der Waals surface area contributed by atoms with Crippen molar-refractivity contribution in [2.24, 2.45) is 0 Å². The molecule has 24 heavy (non-hydrogen) atoms. The monoisotopic (exact) mass is 354 g/mol. The molecule has 1 aromatic rings. The maximum atomic E-state index is 12.8. The van der Waals surface area contributed by atoms with Crippen LogP contribution in [0.2, 0.25) is 5.02 Å². The molecule has 1 aliphatic heterocycles. The molecule has 0 aliphatic carbocycles. The van der Waals surface area contributed by atoms with Crippen LogP contribution in [-0.2, 0) is 6.42 Å². The number of methoxy groups -OCH3 is 2. The molecule has 1 N–H and O–H groups in total. The molecule has 134 valence electrons. The lowest BCUT2D eigenvalue weighted by Gasteiger charge is -2.23. The summed E-state index contributed by atoms with van der Waals surface area (Å²) in [5, 5.41) is 3.46. The van der Waals surface area contributed by atoms with Crippen molar-refractivity contribution in [3.8, 4) is 11.5 Å². The van der Waals surface area contributed by atoms with Crippen LogP contribution in [0.4, 0.5) is 0 Å². The van der Waals surface area contributed by atoms with E-state index in [-0.39, 0.29) is 5.91 Å². The average molecular weight is 355 g/mol. The Morgan fingerprint density at radius 1 is 1.33 bits per heavy atom.